The van der Waals surface area contributed by atoms with E-state index in [1.54, 1.807) is 59.0 Å². The van der Waals surface area contributed by atoms with Gasteiger partial charge in [0.2, 0.25) is 13.8 Å². The first-order valence-electron chi connectivity index (χ1n) is 6.23. The first-order chi connectivity index (χ1) is 9.90. The Morgan fingerprint density at radius 1 is 1.05 bits per heavy atom. The minimum atomic E-state index is -3.75. The van der Waals surface area contributed by atoms with Crippen LogP contribution in [0.3, 0.4) is 0 Å². The molecule has 0 heterocycles. The van der Waals surface area contributed by atoms with Gasteiger partial charge < -0.3 is 0 Å². The molecule has 2 aromatic carbocycles. The van der Waals surface area contributed by atoms with Crippen molar-refractivity contribution < 1.29 is 13.2 Å². The molecule has 1 unspecified atom stereocenters. The van der Waals surface area contributed by atoms with Crippen molar-refractivity contribution in [2.75, 3.05) is 0 Å². The van der Waals surface area contributed by atoms with Crippen LogP contribution in [0, 0.1) is 6.92 Å². The summed E-state index contributed by atoms with van der Waals surface area (Å²) in [7, 11) is -3.75. The molecular weight excluding hydrogens is 401 g/mol. The van der Waals surface area contributed by atoms with Crippen LogP contribution in [0.25, 0.3) is 0 Å². The number of hydrogen-bond donors (Lipinski definition) is 1. The van der Waals surface area contributed by atoms with Crippen molar-refractivity contribution in [2.45, 2.75) is 17.9 Å². The Morgan fingerprint density at radius 3 is 2.14 bits per heavy atom. The molecule has 0 aliphatic carbocycles. The lowest BCUT2D eigenvalue weighted by atomic mass is 10.1. The van der Waals surface area contributed by atoms with Crippen LogP contribution in [-0.4, -0.2) is 12.2 Å². The number of sulfonamides is 1. The summed E-state index contributed by atoms with van der Waals surface area (Å²) in [4.78, 5) is 11.9. The van der Waals surface area contributed by atoms with E-state index >= 15 is 0 Å². The molecule has 2 aromatic rings. The van der Waals surface area contributed by atoms with E-state index in [2.05, 4.69) is 4.72 Å². The van der Waals surface area contributed by atoms with E-state index in [1.165, 1.54) is 12.1 Å². The van der Waals surface area contributed by atoms with Crippen LogP contribution in [0.1, 0.15) is 17.2 Å². The largest absolute Gasteiger partial charge is 0.286 e. The van der Waals surface area contributed by atoms with Crippen molar-refractivity contribution in [3.8, 4) is 0 Å². The second-order valence-corrected chi connectivity index (χ2v) is 7.36. The smallest absolute Gasteiger partial charge is 0.241 e. The number of nitrogens with one attached hydrogen (secondary N) is 1. The van der Waals surface area contributed by atoms with E-state index in [0.717, 1.165) is 5.56 Å². The summed E-state index contributed by atoms with van der Waals surface area (Å²) in [6.45, 7) is 1.88. The Bertz CT molecular complexity index is 727. The average molecular weight is 415 g/mol. The SMILES string of the molecule is Cc1ccc(S(=O)(=O)NC(C(=O)I)c2ccccc2)cc1. The van der Waals surface area contributed by atoms with Crippen molar-refractivity contribution in [1.29, 1.82) is 0 Å². The molecular formula is C15H14INO3S. The first-order valence-corrected chi connectivity index (χ1v) is 8.79. The molecule has 1 N–H and O–H groups in total. The highest BCUT2D eigenvalue weighted by Gasteiger charge is 2.25. The van der Waals surface area contributed by atoms with Crippen LogP contribution in [0.15, 0.2) is 59.5 Å². The fourth-order valence-electron chi connectivity index (χ4n) is 1.83. The minimum absolute atomic E-state index is 0.145. The Morgan fingerprint density at radius 2 is 1.62 bits per heavy atom. The van der Waals surface area contributed by atoms with E-state index in [9.17, 15) is 13.2 Å². The molecule has 6 heteroatoms. The second kappa shape index (κ2) is 6.67. The third kappa shape index (κ3) is 4.12. The maximum atomic E-state index is 12.4. The number of halogens is 1. The van der Waals surface area contributed by atoms with Crippen LogP contribution < -0.4 is 4.72 Å². The minimum Gasteiger partial charge on any atom is -0.286 e. The third-order valence-corrected chi connectivity index (χ3v) is 5.03. The van der Waals surface area contributed by atoms with Crippen LogP contribution >= 0.6 is 22.6 Å². The van der Waals surface area contributed by atoms with Gasteiger partial charge in [-0.3, -0.25) is 4.79 Å². The number of rotatable bonds is 5. The molecule has 110 valence electrons. The fraction of sp³-hybridized carbons (Fsp3) is 0.133. The van der Waals surface area contributed by atoms with Gasteiger partial charge in [-0.2, -0.15) is 4.72 Å². The zero-order valence-electron chi connectivity index (χ0n) is 11.3. The highest BCUT2D eigenvalue weighted by molar-refractivity contribution is 14.1. The lowest BCUT2D eigenvalue weighted by Crippen LogP contribution is -2.31. The average Bonchev–Trinajstić information content (AvgIpc) is 2.46. The Kier molecular flexibility index (Phi) is 5.13. The van der Waals surface area contributed by atoms with Crippen molar-refractivity contribution in [1.82, 2.24) is 4.72 Å². The standard InChI is InChI=1S/C15H14INO3S/c1-11-7-9-13(10-8-11)21(19,20)17-14(15(16)18)12-5-3-2-4-6-12/h2-10,14,17H,1H3. The first kappa shape index (κ1) is 16.1. The van der Waals surface area contributed by atoms with Crippen molar-refractivity contribution in [3.05, 3.63) is 65.7 Å². The van der Waals surface area contributed by atoms with Crippen molar-refractivity contribution in [3.63, 3.8) is 0 Å². The highest BCUT2D eigenvalue weighted by Crippen LogP contribution is 2.20. The molecule has 0 radical (unpaired) electrons. The van der Waals surface area contributed by atoms with Gasteiger partial charge in [0.25, 0.3) is 0 Å². The Balaban J connectivity index is 2.32. The summed E-state index contributed by atoms with van der Waals surface area (Å²) in [5.41, 5.74) is 1.59. The van der Waals surface area contributed by atoms with Gasteiger partial charge in [0, 0.05) is 22.6 Å². The molecule has 2 rings (SSSR count). The van der Waals surface area contributed by atoms with Gasteiger partial charge in [0.15, 0.2) is 0 Å². The zero-order valence-corrected chi connectivity index (χ0v) is 14.3. The molecule has 4 nitrogen and oxygen atoms in total. The molecule has 0 aromatic heterocycles. The van der Waals surface area contributed by atoms with Gasteiger partial charge in [-0.25, -0.2) is 8.42 Å². The molecule has 0 saturated carbocycles. The summed E-state index contributed by atoms with van der Waals surface area (Å²) in [5, 5.41) is 0. The highest BCUT2D eigenvalue weighted by atomic mass is 127. The zero-order chi connectivity index (χ0) is 15.5. The van der Waals surface area contributed by atoms with Gasteiger partial charge >= 0.3 is 0 Å². The summed E-state index contributed by atoms with van der Waals surface area (Å²) < 4.78 is 26.9. The van der Waals surface area contributed by atoms with Crippen molar-refractivity contribution >= 4 is 36.4 Å². The summed E-state index contributed by atoms with van der Waals surface area (Å²) in [6, 6.07) is 14.4. The lowest BCUT2D eigenvalue weighted by Gasteiger charge is -2.15. The molecule has 0 bridgehead atoms. The van der Waals surface area contributed by atoms with Gasteiger partial charge in [0.1, 0.15) is 6.04 Å². The van der Waals surface area contributed by atoms with Crippen LogP contribution in [-0.2, 0) is 14.8 Å². The molecule has 0 fully saturated rings. The number of benzene rings is 2. The molecule has 0 amide bonds. The summed E-state index contributed by atoms with van der Waals surface area (Å²) in [5.74, 6) is 0. The maximum absolute atomic E-state index is 12.4. The predicted molar refractivity (Wildman–Crippen MR) is 89.7 cm³/mol. The Labute approximate surface area is 137 Å². The third-order valence-electron chi connectivity index (χ3n) is 2.96. The van der Waals surface area contributed by atoms with Gasteiger partial charge in [-0.05, 0) is 24.6 Å². The fourth-order valence-corrected chi connectivity index (χ4v) is 3.74. The van der Waals surface area contributed by atoms with Crippen LogP contribution in [0.2, 0.25) is 0 Å². The number of aryl methyl sites for hydroxylation is 1. The number of carbonyl (C=O) groups excluding carboxylic acids is 1. The molecule has 0 spiro atoms. The molecule has 21 heavy (non-hydrogen) atoms. The summed E-state index contributed by atoms with van der Waals surface area (Å²) >= 11 is 1.61. The van der Waals surface area contributed by atoms with Crippen molar-refractivity contribution in [2.24, 2.45) is 0 Å². The van der Waals surface area contributed by atoms with Gasteiger partial charge in [-0.15, -0.1) is 0 Å². The monoisotopic (exact) mass is 415 g/mol. The Hall–Kier alpha value is -1.25. The lowest BCUT2D eigenvalue weighted by molar-refractivity contribution is -0.110. The van der Waals surface area contributed by atoms with Crippen LogP contribution in [0.4, 0.5) is 0 Å². The van der Waals surface area contributed by atoms with E-state index in [-0.39, 0.29) is 8.69 Å². The normalized spacial score (nSPS) is 12.9. The van der Waals surface area contributed by atoms with E-state index in [0.29, 0.717) is 5.56 Å². The molecule has 0 saturated heterocycles. The quantitative estimate of drug-likeness (QED) is 0.604. The van der Waals surface area contributed by atoms with Crippen LogP contribution in [0.5, 0.6) is 0 Å². The summed E-state index contributed by atoms with van der Waals surface area (Å²) in [6.07, 6.45) is 0. The molecule has 1 atom stereocenters. The van der Waals surface area contributed by atoms with Gasteiger partial charge in [-0.1, -0.05) is 48.0 Å². The van der Waals surface area contributed by atoms with Gasteiger partial charge in [0.05, 0.1) is 4.90 Å². The number of carbonyl (C=O) groups is 1. The number of hydrogen-bond acceptors (Lipinski definition) is 3. The predicted octanol–water partition coefficient (Wildman–Crippen LogP) is 2.98. The second-order valence-electron chi connectivity index (χ2n) is 4.58. The van der Waals surface area contributed by atoms with E-state index < -0.39 is 16.1 Å². The maximum Gasteiger partial charge on any atom is 0.241 e. The molecule has 0 aliphatic rings. The van der Waals surface area contributed by atoms with E-state index in [4.69, 9.17) is 0 Å². The van der Waals surface area contributed by atoms with E-state index in [1.807, 2.05) is 13.0 Å². The molecule has 0 aliphatic heterocycles. The topological polar surface area (TPSA) is 63.2 Å².